The van der Waals surface area contributed by atoms with Gasteiger partial charge in [-0.2, -0.15) is 0 Å². The third-order valence-corrected chi connectivity index (χ3v) is 3.74. The summed E-state index contributed by atoms with van der Waals surface area (Å²) in [7, 11) is 0. The number of rotatable bonds is 1. The highest BCUT2D eigenvalue weighted by molar-refractivity contribution is 5.97. The molecule has 1 atom stereocenters. The van der Waals surface area contributed by atoms with E-state index in [1.165, 1.54) is 5.56 Å². The molecule has 3 nitrogen and oxygen atoms in total. The van der Waals surface area contributed by atoms with Gasteiger partial charge in [0.25, 0.3) is 0 Å². The Labute approximate surface area is 102 Å². The lowest BCUT2D eigenvalue weighted by atomic mass is 9.92. The average molecular weight is 230 g/mol. The van der Waals surface area contributed by atoms with E-state index < -0.39 is 0 Å². The van der Waals surface area contributed by atoms with Gasteiger partial charge in [-0.3, -0.25) is 4.79 Å². The topological polar surface area (TPSA) is 32.3 Å². The molecule has 0 aromatic heterocycles. The highest BCUT2D eigenvalue weighted by atomic mass is 16.2. The first-order valence-corrected chi connectivity index (χ1v) is 6.35. The van der Waals surface area contributed by atoms with Gasteiger partial charge >= 0.3 is 0 Å². The smallest absolute Gasteiger partial charge is 0.232 e. The zero-order valence-corrected chi connectivity index (χ0v) is 10.1. The molecule has 3 heteroatoms. The monoisotopic (exact) mass is 230 g/mol. The van der Waals surface area contributed by atoms with Crippen LogP contribution < -0.4 is 10.2 Å². The molecule has 0 unspecified atom stereocenters. The summed E-state index contributed by atoms with van der Waals surface area (Å²) in [5, 5.41) is 3.17. The fourth-order valence-electron chi connectivity index (χ4n) is 2.69. The summed E-state index contributed by atoms with van der Waals surface area (Å²) < 4.78 is 0. The fraction of sp³-hybridized carbons (Fsp3) is 0.500. The maximum Gasteiger partial charge on any atom is 0.232 e. The van der Waals surface area contributed by atoms with Gasteiger partial charge in [-0.1, -0.05) is 25.1 Å². The number of benzene rings is 1. The predicted octanol–water partition coefficient (Wildman–Crippen LogP) is 1.43. The number of hydrogen-bond acceptors (Lipinski definition) is 2. The van der Waals surface area contributed by atoms with Crippen molar-refractivity contribution in [2.24, 2.45) is 11.8 Å². The maximum absolute atomic E-state index is 12.4. The van der Waals surface area contributed by atoms with Gasteiger partial charge in [0.05, 0.1) is 5.92 Å². The number of para-hydroxylation sites is 1. The molecule has 17 heavy (non-hydrogen) atoms. The van der Waals surface area contributed by atoms with Gasteiger partial charge in [-0.25, -0.2) is 0 Å². The zero-order chi connectivity index (χ0) is 11.8. The third-order valence-electron chi connectivity index (χ3n) is 3.74. The van der Waals surface area contributed by atoms with Gasteiger partial charge in [-0.15, -0.1) is 0 Å². The lowest BCUT2D eigenvalue weighted by Crippen LogP contribution is -2.53. The molecule has 2 aliphatic rings. The largest absolute Gasteiger partial charge is 0.315 e. The lowest BCUT2D eigenvalue weighted by Gasteiger charge is -2.37. The molecule has 1 aromatic rings. The zero-order valence-electron chi connectivity index (χ0n) is 10.1. The Morgan fingerprint density at radius 1 is 1.35 bits per heavy atom. The van der Waals surface area contributed by atoms with Crippen molar-refractivity contribution in [1.82, 2.24) is 5.32 Å². The van der Waals surface area contributed by atoms with Gasteiger partial charge in [-0.05, 0) is 24.0 Å². The number of fused-ring (bicyclic) bond motifs is 1. The molecular formula is C14H18N2O. The second-order valence-electron chi connectivity index (χ2n) is 5.24. The molecule has 0 spiro atoms. The van der Waals surface area contributed by atoms with Crippen molar-refractivity contribution in [3.63, 3.8) is 0 Å². The van der Waals surface area contributed by atoms with Crippen LogP contribution in [-0.4, -0.2) is 25.5 Å². The molecule has 0 radical (unpaired) electrons. The number of amides is 1. The SMILES string of the molecule is C[C@H]1Cc2ccccc2N(C(=O)C2CNC2)C1. The Morgan fingerprint density at radius 3 is 2.82 bits per heavy atom. The minimum absolute atomic E-state index is 0.188. The number of nitrogens with zero attached hydrogens (tertiary/aromatic N) is 1. The van der Waals surface area contributed by atoms with E-state index >= 15 is 0 Å². The van der Waals surface area contributed by atoms with E-state index in [4.69, 9.17) is 0 Å². The van der Waals surface area contributed by atoms with Crippen molar-refractivity contribution in [2.45, 2.75) is 13.3 Å². The lowest BCUT2D eigenvalue weighted by molar-refractivity contribution is -0.124. The summed E-state index contributed by atoms with van der Waals surface area (Å²) in [4.78, 5) is 14.4. The van der Waals surface area contributed by atoms with Crippen LogP contribution in [0.2, 0.25) is 0 Å². The highest BCUT2D eigenvalue weighted by Gasteiger charge is 2.33. The molecule has 90 valence electrons. The van der Waals surface area contributed by atoms with E-state index in [0.29, 0.717) is 11.8 Å². The van der Waals surface area contributed by atoms with Gasteiger partial charge in [0.15, 0.2) is 0 Å². The summed E-state index contributed by atoms with van der Waals surface area (Å²) in [5.41, 5.74) is 2.44. The van der Waals surface area contributed by atoms with Crippen LogP contribution in [0, 0.1) is 11.8 Å². The normalized spacial score (nSPS) is 24.1. The molecule has 1 amide bonds. The molecule has 0 bridgehead atoms. The predicted molar refractivity (Wildman–Crippen MR) is 68.0 cm³/mol. The Kier molecular flexibility index (Phi) is 2.63. The van der Waals surface area contributed by atoms with E-state index in [1.807, 2.05) is 11.0 Å². The first-order chi connectivity index (χ1) is 8.25. The van der Waals surface area contributed by atoms with Crippen molar-refractivity contribution in [3.8, 4) is 0 Å². The van der Waals surface area contributed by atoms with Gasteiger partial charge in [0.2, 0.25) is 5.91 Å². The number of carbonyl (C=O) groups is 1. The van der Waals surface area contributed by atoms with E-state index in [9.17, 15) is 4.79 Å². The number of anilines is 1. The second-order valence-corrected chi connectivity index (χ2v) is 5.24. The molecular weight excluding hydrogens is 212 g/mol. The van der Waals surface area contributed by atoms with Gasteiger partial charge in [0.1, 0.15) is 0 Å². The Balaban J connectivity index is 1.91. The second kappa shape index (κ2) is 4.15. The van der Waals surface area contributed by atoms with Crippen LogP contribution >= 0.6 is 0 Å². The van der Waals surface area contributed by atoms with Crippen molar-refractivity contribution >= 4 is 11.6 Å². The fourth-order valence-corrected chi connectivity index (χ4v) is 2.69. The summed E-state index contributed by atoms with van der Waals surface area (Å²) in [6, 6.07) is 8.30. The molecule has 1 saturated heterocycles. The summed E-state index contributed by atoms with van der Waals surface area (Å²) in [6.07, 6.45) is 1.09. The summed E-state index contributed by atoms with van der Waals surface area (Å²) in [5.74, 6) is 1.04. The van der Waals surface area contributed by atoms with Crippen molar-refractivity contribution < 1.29 is 4.79 Å². The van der Waals surface area contributed by atoms with E-state index in [2.05, 4.69) is 30.4 Å². The number of nitrogens with one attached hydrogen (secondary N) is 1. The highest BCUT2D eigenvalue weighted by Crippen LogP contribution is 2.30. The third kappa shape index (κ3) is 1.84. The first-order valence-electron chi connectivity index (χ1n) is 6.35. The van der Waals surface area contributed by atoms with Crippen LogP contribution in [0.5, 0.6) is 0 Å². The molecule has 3 rings (SSSR count). The Bertz CT molecular complexity index is 440. The number of carbonyl (C=O) groups excluding carboxylic acids is 1. The van der Waals surface area contributed by atoms with Gasteiger partial charge < -0.3 is 10.2 Å². The standard InChI is InChI=1S/C14H18N2O/c1-10-6-11-4-2-3-5-13(11)16(9-10)14(17)12-7-15-8-12/h2-5,10,12,15H,6-9H2,1H3/t10-/m0/s1. The van der Waals surface area contributed by atoms with Crippen LogP contribution in [0.15, 0.2) is 24.3 Å². The van der Waals surface area contributed by atoms with Crippen molar-refractivity contribution in [3.05, 3.63) is 29.8 Å². The van der Waals surface area contributed by atoms with Crippen LogP contribution in [-0.2, 0) is 11.2 Å². The summed E-state index contributed by atoms with van der Waals surface area (Å²) in [6.45, 7) is 4.76. The molecule has 0 aliphatic carbocycles. The average Bonchev–Trinajstić information content (AvgIpc) is 2.25. The molecule has 2 heterocycles. The first kappa shape index (κ1) is 10.8. The maximum atomic E-state index is 12.4. The molecule has 2 aliphatic heterocycles. The summed E-state index contributed by atoms with van der Waals surface area (Å²) >= 11 is 0. The van der Waals surface area contributed by atoms with Crippen molar-refractivity contribution in [2.75, 3.05) is 24.5 Å². The minimum Gasteiger partial charge on any atom is -0.315 e. The van der Waals surface area contributed by atoms with Crippen LogP contribution in [0.1, 0.15) is 12.5 Å². The van der Waals surface area contributed by atoms with Crippen molar-refractivity contribution in [1.29, 1.82) is 0 Å². The quantitative estimate of drug-likeness (QED) is 0.791. The van der Waals surface area contributed by atoms with Gasteiger partial charge in [0, 0.05) is 25.3 Å². The van der Waals surface area contributed by atoms with Crippen LogP contribution in [0.25, 0.3) is 0 Å². The molecule has 1 aromatic carbocycles. The van der Waals surface area contributed by atoms with E-state index in [0.717, 1.165) is 31.7 Å². The molecule has 1 N–H and O–H groups in total. The Hall–Kier alpha value is -1.35. The molecule has 0 saturated carbocycles. The molecule has 1 fully saturated rings. The van der Waals surface area contributed by atoms with E-state index in [-0.39, 0.29) is 5.92 Å². The Morgan fingerprint density at radius 2 is 2.12 bits per heavy atom. The minimum atomic E-state index is 0.188. The van der Waals surface area contributed by atoms with Crippen LogP contribution in [0.4, 0.5) is 5.69 Å². The number of hydrogen-bond donors (Lipinski definition) is 1. The van der Waals surface area contributed by atoms with Crippen LogP contribution in [0.3, 0.4) is 0 Å². The van der Waals surface area contributed by atoms with E-state index in [1.54, 1.807) is 0 Å².